The monoisotopic (exact) mass is 343 g/mol. The topological polar surface area (TPSA) is 66.6 Å². The summed E-state index contributed by atoms with van der Waals surface area (Å²) in [7, 11) is 0. The molecule has 0 spiro atoms. The molecule has 1 saturated heterocycles. The Morgan fingerprint density at radius 2 is 1.56 bits per heavy atom. The number of carbonyl (C=O) groups excluding carboxylic acids is 2. The van der Waals surface area contributed by atoms with Crippen molar-refractivity contribution in [2.45, 2.75) is 44.6 Å². The third-order valence-electron chi connectivity index (χ3n) is 5.47. The largest absolute Gasteiger partial charge is 0.339 e. The van der Waals surface area contributed by atoms with Crippen molar-refractivity contribution in [3.63, 3.8) is 0 Å². The Morgan fingerprint density at radius 1 is 0.960 bits per heavy atom. The first-order valence-corrected chi connectivity index (χ1v) is 9.52. The summed E-state index contributed by atoms with van der Waals surface area (Å²) in [4.78, 5) is 28.9. The normalized spacial score (nSPS) is 20.4. The quantitative estimate of drug-likeness (QED) is 0.907. The molecule has 0 unspecified atom stereocenters. The van der Waals surface area contributed by atoms with Gasteiger partial charge in [-0.25, -0.2) is 0 Å². The van der Waals surface area contributed by atoms with E-state index < -0.39 is 6.04 Å². The number of amides is 2. The lowest BCUT2D eigenvalue weighted by Gasteiger charge is -2.38. The molecular weight excluding hydrogens is 314 g/mol. The highest BCUT2D eigenvalue weighted by Crippen LogP contribution is 2.25. The standard InChI is InChI=1S/C20H29N3O2/c21-18(15-16-7-3-1-4-8-16)20(25)23-13-11-22(12-14-23)19(24)17-9-5-2-6-10-17/h1,3-4,7-8,17-18H,2,5-6,9-15,21H2/t18-/m0/s1. The average Bonchev–Trinajstić information content (AvgIpc) is 2.68. The van der Waals surface area contributed by atoms with Gasteiger partial charge in [-0.05, 0) is 24.8 Å². The van der Waals surface area contributed by atoms with Crippen LogP contribution in [0.4, 0.5) is 0 Å². The van der Waals surface area contributed by atoms with Crippen LogP contribution < -0.4 is 5.73 Å². The van der Waals surface area contributed by atoms with Crippen LogP contribution in [-0.2, 0) is 16.0 Å². The van der Waals surface area contributed by atoms with Crippen molar-refractivity contribution < 1.29 is 9.59 Å². The highest BCUT2D eigenvalue weighted by molar-refractivity contribution is 5.83. The van der Waals surface area contributed by atoms with E-state index in [4.69, 9.17) is 5.73 Å². The third-order valence-corrected chi connectivity index (χ3v) is 5.47. The molecule has 136 valence electrons. The van der Waals surface area contributed by atoms with Crippen molar-refractivity contribution in [1.29, 1.82) is 0 Å². The van der Waals surface area contributed by atoms with Crippen molar-refractivity contribution in [2.24, 2.45) is 11.7 Å². The maximum atomic E-state index is 12.6. The molecule has 2 fully saturated rings. The first-order valence-electron chi connectivity index (χ1n) is 9.52. The Bertz CT molecular complexity index is 576. The van der Waals surface area contributed by atoms with Gasteiger partial charge in [0.15, 0.2) is 0 Å². The second-order valence-corrected chi connectivity index (χ2v) is 7.28. The van der Waals surface area contributed by atoms with Crippen molar-refractivity contribution in [1.82, 2.24) is 9.80 Å². The highest BCUT2D eigenvalue weighted by atomic mass is 16.2. The molecule has 2 N–H and O–H groups in total. The van der Waals surface area contributed by atoms with Gasteiger partial charge in [-0.2, -0.15) is 0 Å². The number of piperazine rings is 1. The van der Waals surface area contributed by atoms with Gasteiger partial charge in [-0.1, -0.05) is 49.6 Å². The van der Waals surface area contributed by atoms with Gasteiger partial charge in [0.1, 0.15) is 0 Å². The van der Waals surface area contributed by atoms with Crippen molar-refractivity contribution in [3.8, 4) is 0 Å². The Kier molecular flexibility index (Phi) is 6.08. The van der Waals surface area contributed by atoms with Crippen molar-refractivity contribution >= 4 is 11.8 Å². The zero-order valence-corrected chi connectivity index (χ0v) is 14.9. The fourth-order valence-corrected chi connectivity index (χ4v) is 3.94. The number of nitrogens with two attached hydrogens (primary N) is 1. The molecule has 0 radical (unpaired) electrons. The third kappa shape index (κ3) is 4.60. The summed E-state index contributed by atoms with van der Waals surface area (Å²) in [5, 5.41) is 0. The van der Waals surface area contributed by atoms with Crippen LogP contribution >= 0.6 is 0 Å². The molecule has 1 heterocycles. The van der Waals surface area contributed by atoms with Crippen LogP contribution in [0, 0.1) is 5.92 Å². The molecule has 1 aromatic carbocycles. The number of benzene rings is 1. The van der Waals surface area contributed by atoms with E-state index in [1.54, 1.807) is 0 Å². The molecular formula is C20H29N3O2. The van der Waals surface area contributed by atoms with Crippen LogP contribution in [0.5, 0.6) is 0 Å². The molecule has 3 rings (SSSR count). The second-order valence-electron chi connectivity index (χ2n) is 7.28. The summed E-state index contributed by atoms with van der Waals surface area (Å²) in [6.45, 7) is 2.47. The zero-order valence-electron chi connectivity index (χ0n) is 14.9. The zero-order chi connectivity index (χ0) is 17.6. The van der Waals surface area contributed by atoms with Gasteiger partial charge in [0, 0.05) is 32.1 Å². The fraction of sp³-hybridized carbons (Fsp3) is 0.600. The van der Waals surface area contributed by atoms with Crippen LogP contribution in [0.15, 0.2) is 30.3 Å². The first kappa shape index (κ1) is 17.9. The van der Waals surface area contributed by atoms with E-state index >= 15 is 0 Å². The van der Waals surface area contributed by atoms with Gasteiger partial charge in [0.25, 0.3) is 0 Å². The van der Waals surface area contributed by atoms with Crippen molar-refractivity contribution in [3.05, 3.63) is 35.9 Å². The van der Waals surface area contributed by atoms with E-state index in [-0.39, 0.29) is 11.8 Å². The summed E-state index contributed by atoms with van der Waals surface area (Å²) in [6.07, 6.45) is 6.21. The number of nitrogens with zero attached hydrogens (tertiary/aromatic N) is 2. The van der Waals surface area contributed by atoms with E-state index in [2.05, 4.69) is 0 Å². The van der Waals surface area contributed by atoms with Gasteiger partial charge in [0.05, 0.1) is 6.04 Å². The van der Waals surface area contributed by atoms with Crippen LogP contribution in [0.1, 0.15) is 37.7 Å². The minimum Gasteiger partial charge on any atom is -0.339 e. The molecule has 2 amide bonds. The van der Waals surface area contributed by atoms with E-state index in [0.29, 0.717) is 38.5 Å². The predicted octanol–water partition coefficient (Wildman–Crippen LogP) is 1.81. The van der Waals surface area contributed by atoms with E-state index in [1.807, 2.05) is 40.1 Å². The molecule has 1 aliphatic carbocycles. The summed E-state index contributed by atoms with van der Waals surface area (Å²) in [5.74, 6) is 0.491. The molecule has 5 heteroatoms. The summed E-state index contributed by atoms with van der Waals surface area (Å²) < 4.78 is 0. The lowest BCUT2D eigenvalue weighted by Crippen LogP contribution is -2.55. The molecule has 1 aromatic rings. The lowest BCUT2D eigenvalue weighted by atomic mass is 9.88. The predicted molar refractivity (Wildman–Crippen MR) is 97.9 cm³/mol. The summed E-state index contributed by atoms with van der Waals surface area (Å²) in [6, 6.07) is 9.36. The molecule has 1 atom stereocenters. The van der Waals surface area contributed by atoms with Gasteiger partial charge >= 0.3 is 0 Å². The molecule has 25 heavy (non-hydrogen) atoms. The van der Waals surface area contributed by atoms with Crippen LogP contribution in [0.3, 0.4) is 0 Å². The van der Waals surface area contributed by atoms with Crippen LogP contribution in [-0.4, -0.2) is 53.8 Å². The average molecular weight is 343 g/mol. The smallest absolute Gasteiger partial charge is 0.239 e. The summed E-state index contributed by atoms with van der Waals surface area (Å²) in [5.41, 5.74) is 7.20. The second kappa shape index (κ2) is 8.48. The van der Waals surface area contributed by atoms with Gasteiger partial charge in [-0.3, -0.25) is 9.59 Å². The minimum atomic E-state index is -0.511. The molecule has 0 aromatic heterocycles. The Labute approximate surface area is 150 Å². The summed E-state index contributed by atoms with van der Waals surface area (Å²) >= 11 is 0. The Hall–Kier alpha value is -1.88. The Morgan fingerprint density at radius 3 is 2.20 bits per heavy atom. The maximum absolute atomic E-state index is 12.6. The van der Waals surface area contributed by atoms with Crippen LogP contribution in [0.2, 0.25) is 0 Å². The highest BCUT2D eigenvalue weighted by Gasteiger charge is 2.30. The van der Waals surface area contributed by atoms with E-state index in [9.17, 15) is 9.59 Å². The fourth-order valence-electron chi connectivity index (χ4n) is 3.94. The van der Waals surface area contributed by atoms with Crippen molar-refractivity contribution in [2.75, 3.05) is 26.2 Å². The lowest BCUT2D eigenvalue weighted by molar-refractivity contribution is -0.143. The molecule has 5 nitrogen and oxygen atoms in total. The first-order chi connectivity index (χ1) is 12.1. The Balaban J connectivity index is 1.47. The van der Waals surface area contributed by atoms with Gasteiger partial charge in [0.2, 0.25) is 11.8 Å². The van der Waals surface area contributed by atoms with Gasteiger partial charge in [-0.15, -0.1) is 0 Å². The number of hydrogen-bond acceptors (Lipinski definition) is 3. The van der Waals surface area contributed by atoms with Crippen LogP contribution in [0.25, 0.3) is 0 Å². The van der Waals surface area contributed by atoms with E-state index in [0.717, 1.165) is 18.4 Å². The minimum absolute atomic E-state index is 0.00591. The number of carbonyl (C=O) groups is 2. The number of rotatable bonds is 4. The molecule has 1 aliphatic heterocycles. The molecule has 0 bridgehead atoms. The van der Waals surface area contributed by atoms with Gasteiger partial charge < -0.3 is 15.5 Å². The maximum Gasteiger partial charge on any atom is 0.239 e. The molecule has 1 saturated carbocycles. The van der Waals surface area contributed by atoms with E-state index in [1.165, 1.54) is 19.3 Å². The number of hydrogen-bond donors (Lipinski definition) is 1. The SMILES string of the molecule is N[C@@H](Cc1ccccc1)C(=O)N1CCN(C(=O)C2CCCCC2)CC1. The molecule has 2 aliphatic rings.